The van der Waals surface area contributed by atoms with Crippen LogP contribution >= 0.6 is 33.9 Å². The van der Waals surface area contributed by atoms with Gasteiger partial charge in [0.25, 0.3) is 0 Å². The van der Waals surface area contributed by atoms with Crippen LogP contribution < -0.4 is 5.76 Å². The van der Waals surface area contributed by atoms with Crippen molar-refractivity contribution in [3.8, 4) is 0 Å². The van der Waals surface area contributed by atoms with Crippen molar-refractivity contribution in [2.75, 3.05) is 0 Å². The van der Waals surface area contributed by atoms with Crippen LogP contribution in [0.2, 0.25) is 0 Å². The van der Waals surface area contributed by atoms with Crippen molar-refractivity contribution < 1.29 is 9.21 Å². The highest BCUT2D eigenvalue weighted by Crippen LogP contribution is 2.22. The average Bonchev–Trinajstić information content (AvgIpc) is 2.99. The van der Waals surface area contributed by atoms with Crippen molar-refractivity contribution >= 4 is 50.8 Å². The maximum Gasteiger partial charge on any atom is 0.419 e. The van der Waals surface area contributed by atoms with Crippen molar-refractivity contribution in [1.82, 2.24) is 4.57 Å². The number of hydrogen-bond donors (Lipinski definition) is 0. The Morgan fingerprint density at radius 2 is 2.15 bits per heavy atom. The number of carbonyl (C=O) groups excluding carboxylic acids is 1. The predicted octanol–water partition coefficient (Wildman–Crippen LogP) is 3.51. The van der Waals surface area contributed by atoms with E-state index in [2.05, 4.69) is 22.6 Å². The zero-order chi connectivity index (χ0) is 14.3. The third kappa shape index (κ3) is 2.22. The van der Waals surface area contributed by atoms with Gasteiger partial charge in [0.05, 0.1) is 8.40 Å². The molecule has 0 bridgehead atoms. The first kappa shape index (κ1) is 13.6. The van der Waals surface area contributed by atoms with Crippen LogP contribution in [0.15, 0.2) is 38.9 Å². The molecule has 0 spiro atoms. The number of aryl methyl sites for hydroxylation is 1. The van der Waals surface area contributed by atoms with Gasteiger partial charge in [-0.15, -0.1) is 11.3 Å². The molecule has 0 amide bonds. The number of nitrogens with zero attached hydrogens (tertiary/aromatic N) is 1. The van der Waals surface area contributed by atoms with Gasteiger partial charge < -0.3 is 4.42 Å². The zero-order valence-electron chi connectivity index (χ0n) is 10.6. The monoisotopic (exact) mass is 399 g/mol. The summed E-state index contributed by atoms with van der Waals surface area (Å²) in [6.45, 7) is 2.42. The summed E-state index contributed by atoms with van der Waals surface area (Å²) in [4.78, 5) is 24.0. The lowest BCUT2D eigenvalue weighted by Gasteiger charge is -1.99. The second-order valence-corrected chi connectivity index (χ2v) is 7.07. The Morgan fingerprint density at radius 1 is 1.35 bits per heavy atom. The summed E-state index contributed by atoms with van der Waals surface area (Å²) in [7, 11) is 0. The quantitative estimate of drug-likeness (QED) is 0.501. The first-order valence-corrected chi connectivity index (χ1v) is 7.98. The van der Waals surface area contributed by atoms with E-state index in [1.54, 1.807) is 18.2 Å². The van der Waals surface area contributed by atoms with Crippen molar-refractivity contribution in [1.29, 1.82) is 0 Å². The van der Waals surface area contributed by atoms with Crippen LogP contribution in [-0.2, 0) is 6.54 Å². The number of rotatable bonds is 3. The highest BCUT2D eigenvalue weighted by molar-refractivity contribution is 14.1. The lowest BCUT2D eigenvalue weighted by atomic mass is 10.1. The predicted molar refractivity (Wildman–Crippen MR) is 86.6 cm³/mol. The first-order valence-electron chi connectivity index (χ1n) is 6.02. The van der Waals surface area contributed by atoms with Gasteiger partial charge in [-0.1, -0.05) is 0 Å². The largest absolute Gasteiger partial charge is 0.419 e. The minimum atomic E-state index is -0.391. The van der Waals surface area contributed by atoms with E-state index in [9.17, 15) is 9.59 Å². The lowest BCUT2D eigenvalue weighted by molar-refractivity contribution is 0.103. The van der Waals surface area contributed by atoms with Crippen molar-refractivity contribution in [3.63, 3.8) is 0 Å². The fraction of sp³-hybridized carbons (Fsp3) is 0.143. The molecule has 2 aromatic heterocycles. The summed E-state index contributed by atoms with van der Waals surface area (Å²) in [6.07, 6.45) is 0. The van der Waals surface area contributed by atoms with E-state index in [4.69, 9.17) is 4.42 Å². The number of aromatic nitrogens is 1. The SMILES string of the molecule is CCn1c(=O)oc2cc(C(=O)c3csc(I)c3)ccc21. The molecule has 0 N–H and O–H groups in total. The van der Waals surface area contributed by atoms with E-state index in [0.717, 1.165) is 2.88 Å². The van der Waals surface area contributed by atoms with Gasteiger partial charge in [0.1, 0.15) is 0 Å². The maximum atomic E-state index is 12.3. The lowest BCUT2D eigenvalue weighted by Crippen LogP contribution is -2.11. The summed E-state index contributed by atoms with van der Waals surface area (Å²) in [5.41, 5.74) is 2.36. The Morgan fingerprint density at radius 3 is 2.80 bits per heavy atom. The average molecular weight is 399 g/mol. The van der Waals surface area contributed by atoms with Crippen molar-refractivity contribution in [2.24, 2.45) is 0 Å². The molecule has 0 saturated carbocycles. The Kier molecular flexibility index (Phi) is 3.51. The van der Waals surface area contributed by atoms with Gasteiger partial charge >= 0.3 is 5.76 Å². The number of hydrogen-bond acceptors (Lipinski definition) is 4. The second kappa shape index (κ2) is 5.17. The van der Waals surface area contributed by atoms with E-state index in [1.807, 2.05) is 18.4 Å². The smallest absolute Gasteiger partial charge is 0.408 e. The second-order valence-electron chi connectivity index (χ2n) is 4.26. The normalized spacial score (nSPS) is 11.1. The number of thiophene rings is 1. The van der Waals surface area contributed by atoms with Gasteiger partial charge in [-0.3, -0.25) is 9.36 Å². The minimum Gasteiger partial charge on any atom is -0.408 e. The molecule has 0 radical (unpaired) electrons. The van der Waals surface area contributed by atoms with Crippen LogP contribution in [0.4, 0.5) is 0 Å². The molecule has 3 aromatic rings. The van der Waals surface area contributed by atoms with Gasteiger partial charge in [-0.2, -0.15) is 0 Å². The molecule has 0 aliphatic carbocycles. The summed E-state index contributed by atoms with van der Waals surface area (Å²) < 4.78 is 7.78. The molecule has 2 heterocycles. The van der Waals surface area contributed by atoms with Crippen LogP contribution in [0, 0.1) is 2.88 Å². The molecule has 0 aliphatic rings. The van der Waals surface area contributed by atoms with Crippen LogP contribution in [0.5, 0.6) is 0 Å². The van der Waals surface area contributed by atoms with Gasteiger partial charge in [0.2, 0.25) is 0 Å². The molecule has 0 atom stereocenters. The Bertz CT molecular complexity index is 859. The molecule has 3 rings (SSSR count). The highest BCUT2D eigenvalue weighted by Gasteiger charge is 2.14. The summed E-state index contributed by atoms with van der Waals surface area (Å²) in [5, 5.41) is 1.84. The number of fused-ring (bicyclic) bond motifs is 1. The van der Waals surface area contributed by atoms with Crippen LogP contribution in [0.25, 0.3) is 11.1 Å². The van der Waals surface area contributed by atoms with Gasteiger partial charge in [0.15, 0.2) is 11.4 Å². The number of halogens is 1. The fourth-order valence-corrected chi connectivity index (χ4v) is 3.43. The van der Waals surface area contributed by atoms with E-state index >= 15 is 0 Å². The van der Waals surface area contributed by atoms with Gasteiger partial charge in [-0.25, -0.2) is 4.79 Å². The molecule has 20 heavy (non-hydrogen) atoms. The maximum absolute atomic E-state index is 12.3. The van der Waals surface area contributed by atoms with Gasteiger partial charge in [-0.05, 0) is 53.8 Å². The van der Waals surface area contributed by atoms with E-state index in [1.165, 1.54) is 15.9 Å². The van der Waals surface area contributed by atoms with Crippen LogP contribution in [-0.4, -0.2) is 10.4 Å². The summed E-state index contributed by atoms with van der Waals surface area (Å²) in [5.74, 6) is -0.449. The molecule has 0 fully saturated rings. The Labute approximate surface area is 132 Å². The van der Waals surface area contributed by atoms with E-state index in [0.29, 0.717) is 28.8 Å². The minimum absolute atomic E-state index is 0.0574. The summed E-state index contributed by atoms with van der Waals surface area (Å²) in [6, 6.07) is 6.98. The number of benzene rings is 1. The molecule has 6 heteroatoms. The molecular weight excluding hydrogens is 389 g/mol. The summed E-state index contributed by atoms with van der Waals surface area (Å²) >= 11 is 3.71. The molecule has 102 valence electrons. The standard InChI is InChI=1S/C14H10INO3S/c1-2-16-10-4-3-8(5-11(10)19-14(16)18)13(17)9-6-12(15)20-7-9/h3-7H,2H2,1H3. The van der Waals surface area contributed by atoms with Crippen molar-refractivity contribution in [2.45, 2.75) is 13.5 Å². The van der Waals surface area contributed by atoms with Crippen LogP contribution in [0.3, 0.4) is 0 Å². The Balaban J connectivity index is 2.09. The first-order chi connectivity index (χ1) is 9.60. The number of ketones is 1. The van der Waals surface area contributed by atoms with E-state index < -0.39 is 5.76 Å². The van der Waals surface area contributed by atoms with Gasteiger partial charge in [0, 0.05) is 23.1 Å². The third-order valence-corrected chi connectivity index (χ3v) is 4.87. The van der Waals surface area contributed by atoms with Crippen molar-refractivity contribution in [3.05, 3.63) is 54.2 Å². The number of carbonyl (C=O) groups is 1. The highest BCUT2D eigenvalue weighted by atomic mass is 127. The molecule has 0 saturated heterocycles. The third-order valence-electron chi connectivity index (χ3n) is 3.08. The zero-order valence-corrected chi connectivity index (χ0v) is 13.5. The van der Waals surface area contributed by atoms with Crippen LogP contribution in [0.1, 0.15) is 22.8 Å². The Hall–Kier alpha value is -1.41. The topological polar surface area (TPSA) is 52.2 Å². The fourth-order valence-electron chi connectivity index (χ4n) is 2.10. The number of oxazole rings is 1. The molecular formula is C14H10INO3S. The molecule has 0 aliphatic heterocycles. The molecule has 0 unspecified atom stereocenters. The molecule has 1 aromatic carbocycles. The van der Waals surface area contributed by atoms with E-state index in [-0.39, 0.29) is 5.78 Å². The molecule has 4 nitrogen and oxygen atoms in total.